The number of ether oxygens (including phenoxy) is 1. The Morgan fingerprint density at radius 2 is 2.00 bits per heavy atom. The molecule has 96 valence electrons. The van der Waals surface area contributed by atoms with E-state index in [0.717, 1.165) is 26.9 Å². The Morgan fingerprint density at radius 3 is 2.63 bits per heavy atom. The molecule has 0 saturated carbocycles. The van der Waals surface area contributed by atoms with E-state index in [1.807, 2.05) is 32.0 Å². The molecule has 19 heavy (non-hydrogen) atoms. The van der Waals surface area contributed by atoms with Gasteiger partial charge in [-0.05, 0) is 49.7 Å². The van der Waals surface area contributed by atoms with Crippen molar-refractivity contribution in [1.29, 1.82) is 5.26 Å². The maximum absolute atomic E-state index is 9.14. The van der Waals surface area contributed by atoms with Crippen molar-refractivity contribution in [3.63, 3.8) is 0 Å². The van der Waals surface area contributed by atoms with Crippen molar-refractivity contribution in [2.24, 2.45) is 0 Å². The highest BCUT2D eigenvalue weighted by atomic mass is 32.2. The lowest BCUT2D eigenvalue weighted by Crippen LogP contribution is -1.90. The normalized spacial score (nSPS) is 10.0. The Morgan fingerprint density at radius 1 is 1.21 bits per heavy atom. The van der Waals surface area contributed by atoms with E-state index >= 15 is 0 Å². The van der Waals surface area contributed by atoms with Gasteiger partial charge in [-0.15, -0.1) is 0 Å². The fourth-order valence-corrected chi connectivity index (χ4v) is 2.83. The van der Waals surface area contributed by atoms with Crippen LogP contribution in [0, 0.1) is 25.2 Å². The summed E-state index contributed by atoms with van der Waals surface area (Å²) in [5.74, 6) is 0.742. The maximum Gasteiger partial charge on any atom is 0.120 e. The second-order valence-electron chi connectivity index (χ2n) is 4.20. The lowest BCUT2D eigenvalue weighted by Gasteiger charge is -2.07. The molecule has 0 amide bonds. The van der Waals surface area contributed by atoms with E-state index in [0.29, 0.717) is 5.56 Å². The molecule has 2 rings (SSSR count). The summed E-state index contributed by atoms with van der Waals surface area (Å²) in [6, 6.07) is 11.7. The SMILES string of the molecule is COc1ccc(C#N)c(Sc2cc(C)cc(C)n2)c1. The zero-order valence-corrected chi connectivity index (χ0v) is 11.9. The molecular weight excluding hydrogens is 256 g/mol. The van der Waals surface area contributed by atoms with E-state index in [1.54, 1.807) is 19.2 Å². The highest BCUT2D eigenvalue weighted by molar-refractivity contribution is 7.99. The second kappa shape index (κ2) is 5.77. The van der Waals surface area contributed by atoms with E-state index in [2.05, 4.69) is 11.1 Å². The molecule has 1 heterocycles. The van der Waals surface area contributed by atoms with Crippen LogP contribution in [-0.2, 0) is 0 Å². The minimum Gasteiger partial charge on any atom is -0.497 e. The summed E-state index contributed by atoms with van der Waals surface area (Å²) >= 11 is 1.48. The van der Waals surface area contributed by atoms with E-state index in [4.69, 9.17) is 10.00 Å². The summed E-state index contributed by atoms with van der Waals surface area (Å²) in [4.78, 5) is 5.33. The van der Waals surface area contributed by atoms with Gasteiger partial charge in [-0.3, -0.25) is 0 Å². The van der Waals surface area contributed by atoms with Crippen LogP contribution in [-0.4, -0.2) is 12.1 Å². The van der Waals surface area contributed by atoms with Gasteiger partial charge in [-0.2, -0.15) is 5.26 Å². The summed E-state index contributed by atoms with van der Waals surface area (Å²) in [6.45, 7) is 4.00. The maximum atomic E-state index is 9.14. The van der Waals surface area contributed by atoms with Gasteiger partial charge in [0.05, 0.1) is 12.7 Å². The number of rotatable bonds is 3. The van der Waals surface area contributed by atoms with Crippen LogP contribution in [0.2, 0.25) is 0 Å². The molecule has 2 aromatic rings. The van der Waals surface area contributed by atoms with Crippen molar-refractivity contribution < 1.29 is 4.74 Å². The highest BCUT2D eigenvalue weighted by Gasteiger charge is 2.08. The summed E-state index contributed by atoms with van der Waals surface area (Å²) in [6.07, 6.45) is 0. The van der Waals surface area contributed by atoms with Crippen molar-refractivity contribution in [1.82, 2.24) is 4.98 Å². The number of nitriles is 1. The molecule has 1 aromatic carbocycles. The first-order chi connectivity index (χ1) is 9.12. The Balaban J connectivity index is 2.39. The average Bonchev–Trinajstić information content (AvgIpc) is 2.37. The molecule has 0 N–H and O–H groups in total. The van der Waals surface area contributed by atoms with Crippen molar-refractivity contribution in [2.45, 2.75) is 23.8 Å². The van der Waals surface area contributed by atoms with Crippen molar-refractivity contribution >= 4 is 11.8 Å². The Hall–Kier alpha value is -1.99. The van der Waals surface area contributed by atoms with Crippen LogP contribution < -0.4 is 4.74 Å². The molecule has 1 aromatic heterocycles. The van der Waals surface area contributed by atoms with E-state index in [-0.39, 0.29) is 0 Å². The number of hydrogen-bond donors (Lipinski definition) is 0. The summed E-state index contributed by atoms with van der Waals surface area (Å²) in [5.41, 5.74) is 2.77. The van der Waals surface area contributed by atoms with Crippen molar-refractivity contribution in [3.8, 4) is 11.8 Å². The molecule has 0 aliphatic carbocycles. The number of aromatic nitrogens is 1. The third kappa shape index (κ3) is 3.27. The number of aryl methyl sites for hydroxylation is 2. The summed E-state index contributed by atoms with van der Waals surface area (Å²) < 4.78 is 5.20. The summed E-state index contributed by atoms with van der Waals surface area (Å²) in [7, 11) is 1.62. The molecule has 4 heteroatoms. The monoisotopic (exact) mass is 270 g/mol. The second-order valence-corrected chi connectivity index (χ2v) is 5.26. The summed E-state index contributed by atoms with van der Waals surface area (Å²) in [5, 5.41) is 10.0. The van der Waals surface area contributed by atoms with Gasteiger partial charge in [-0.25, -0.2) is 4.98 Å². The Labute approximate surface area is 117 Å². The third-order valence-electron chi connectivity index (χ3n) is 2.60. The zero-order chi connectivity index (χ0) is 13.8. The van der Waals surface area contributed by atoms with Crippen molar-refractivity contribution in [3.05, 3.63) is 47.2 Å². The number of pyridine rings is 1. The molecule has 0 bridgehead atoms. The largest absolute Gasteiger partial charge is 0.497 e. The lowest BCUT2D eigenvalue weighted by molar-refractivity contribution is 0.413. The van der Waals surface area contributed by atoms with Gasteiger partial charge in [0.1, 0.15) is 16.8 Å². The van der Waals surface area contributed by atoms with Crippen LogP contribution in [0.3, 0.4) is 0 Å². The van der Waals surface area contributed by atoms with Gasteiger partial charge in [-0.1, -0.05) is 11.8 Å². The van der Waals surface area contributed by atoms with Crippen LogP contribution in [0.1, 0.15) is 16.8 Å². The van der Waals surface area contributed by atoms with Crippen LogP contribution in [0.15, 0.2) is 40.3 Å². The van der Waals surface area contributed by atoms with Gasteiger partial charge < -0.3 is 4.74 Å². The molecule has 0 aliphatic heterocycles. The number of hydrogen-bond acceptors (Lipinski definition) is 4. The number of benzene rings is 1. The lowest BCUT2D eigenvalue weighted by atomic mass is 10.2. The fraction of sp³-hybridized carbons (Fsp3) is 0.200. The molecule has 0 unspecified atom stereocenters. The first-order valence-electron chi connectivity index (χ1n) is 5.83. The standard InChI is InChI=1S/C15H14N2OS/c1-10-6-11(2)17-15(7-10)19-14-8-13(18-3)5-4-12(14)9-16/h4-8H,1-3H3. The van der Waals surface area contributed by atoms with Gasteiger partial charge in [0, 0.05) is 10.6 Å². The van der Waals surface area contributed by atoms with Crippen LogP contribution >= 0.6 is 11.8 Å². The van der Waals surface area contributed by atoms with Crippen LogP contribution in [0.25, 0.3) is 0 Å². The van der Waals surface area contributed by atoms with E-state index in [1.165, 1.54) is 11.8 Å². The van der Waals surface area contributed by atoms with Gasteiger partial charge in [0.2, 0.25) is 0 Å². The third-order valence-corrected chi connectivity index (χ3v) is 3.57. The average molecular weight is 270 g/mol. The first kappa shape index (κ1) is 13.4. The first-order valence-corrected chi connectivity index (χ1v) is 6.65. The zero-order valence-electron chi connectivity index (χ0n) is 11.1. The molecule has 3 nitrogen and oxygen atoms in total. The molecular formula is C15H14N2OS. The number of methoxy groups -OCH3 is 1. The molecule has 0 fully saturated rings. The molecule has 0 spiro atoms. The van der Waals surface area contributed by atoms with Crippen LogP contribution in [0.5, 0.6) is 5.75 Å². The molecule has 0 atom stereocenters. The minimum absolute atomic E-state index is 0.631. The Kier molecular flexibility index (Phi) is 4.08. The predicted octanol–water partition coefficient (Wildman–Crippen LogP) is 3.73. The fourth-order valence-electron chi connectivity index (χ4n) is 1.78. The van der Waals surface area contributed by atoms with E-state index in [9.17, 15) is 0 Å². The van der Waals surface area contributed by atoms with Crippen molar-refractivity contribution in [2.75, 3.05) is 7.11 Å². The van der Waals surface area contributed by atoms with Gasteiger partial charge in [0.15, 0.2) is 0 Å². The quantitative estimate of drug-likeness (QED) is 0.852. The molecule has 0 radical (unpaired) electrons. The van der Waals surface area contributed by atoms with Gasteiger partial charge >= 0.3 is 0 Å². The molecule has 0 saturated heterocycles. The minimum atomic E-state index is 0.631. The number of nitrogens with zero attached hydrogens (tertiary/aromatic N) is 2. The molecule has 0 aliphatic rings. The van der Waals surface area contributed by atoms with Crippen LogP contribution in [0.4, 0.5) is 0 Å². The Bertz CT molecular complexity index is 627. The predicted molar refractivity (Wildman–Crippen MR) is 75.5 cm³/mol. The smallest absolute Gasteiger partial charge is 0.120 e. The van der Waals surface area contributed by atoms with E-state index < -0.39 is 0 Å². The van der Waals surface area contributed by atoms with Gasteiger partial charge in [0.25, 0.3) is 0 Å². The topological polar surface area (TPSA) is 45.9 Å². The highest BCUT2D eigenvalue weighted by Crippen LogP contribution is 2.32.